The number of hydrogen-bond donors (Lipinski definition) is 1. The van der Waals surface area contributed by atoms with E-state index in [1.807, 2.05) is 36.5 Å². The molecule has 2 aromatic heterocycles. The van der Waals surface area contributed by atoms with Gasteiger partial charge in [-0.15, -0.1) is 12.4 Å². The molecule has 24 heavy (non-hydrogen) atoms. The molecule has 0 atom stereocenters. The molecule has 0 amide bonds. The molecule has 0 unspecified atom stereocenters. The van der Waals surface area contributed by atoms with Crippen LogP contribution in [-0.2, 0) is 5.54 Å². The lowest BCUT2D eigenvalue weighted by molar-refractivity contribution is 0.229. The van der Waals surface area contributed by atoms with Crippen LogP contribution in [0.4, 0.5) is 0 Å². The molecular formula is C16H18ClN5O2. The SMILES string of the molecule is COc1ccc(-n2ccc(-c3nc(C4(N)CCC4)no3)n2)cc1.Cl. The largest absolute Gasteiger partial charge is 0.497 e. The van der Waals surface area contributed by atoms with Crippen molar-refractivity contribution in [3.8, 4) is 23.0 Å². The van der Waals surface area contributed by atoms with Gasteiger partial charge >= 0.3 is 0 Å². The summed E-state index contributed by atoms with van der Waals surface area (Å²) in [5.41, 5.74) is 7.34. The molecule has 0 bridgehead atoms. The fourth-order valence-corrected chi connectivity index (χ4v) is 2.63. The van der Waals surface area contributed by atoms with Crippen molar-refractivity contribution in [3.63, 3.8) is 0 Å². The summed E-state index contributed by atoms with van der Waals surface area (Å²) in [5.74, 6) is 1.76. The van der Waals surface area contributed by atoms with Crippen LogP contribution < -0.4 is 10.5 Å². The highest BCUT2D eigenvalue weighted by Crippen LogP contribution is 2.37. The third-order valence-electron chi connectivity index (χ3n) is 4.26. The van der Waals surface area contributed by atoms with Gasteiger partial charge in [0.25, 0.3) is 5.89 Å². The van der Waals surface area contributed by atoms with E-state index in [-0.39, 0.29) is 12.4 Å². The lowest BCUT2D eigenvalue weighted by Gasteiger charge is -2.34. The average molecular weight is 348 g/mol. The molecule has 126 valence electrons. The Morgan fingerprint density at radius 2 is 1.96 bits per heavy atom. The van der Waals surface area contributed by atoms with Gasteiger partial charge in [0.15, 0.2) is 11.5 Å². The van der Waals surface area contributed by atoms with E-state index in [1.54, 1.807) is 11.8 Å². The monoisotopic (exact) mass is 347 g/mol. The number of hydrogen-bond acceptors (Lipinski definition) is 6. The van der Waals surface area contributed by atoms with Crippen LogP contribution in [0.25, 0.3) is 17.3 Å². The van der Waals surface area contributed by atoms with Gasteiger partial charge in [0.1, 0.15) is 5.75 Å². The highest BCUT2D eigenvalue weighted by molar-refractivity contribution is 5.85. The molecule has 1 aliphatic carbocycles. The number of methoxy groups -OCH3 is 1. The van der Waals surface area contributed by atoms with Crippen LogP contribution in [0.2, 0.25) is 0 Å². The number of nitrogens with zero attached hydrogens (tertiary/aromatic N) is 4. The van der Waals surface area contributed by atoms with Crippen LogP contribution in [0, 0.1) is 0 Å². The normalized spacial score (nSPS) is 15.4. The van der Waals surface area contributed by atoms with E-state index >= 15 is 0 Å². The number of nitrogens with two attached hydrogens (primary N) is 1. The predicted molar refractivity (Wildman–Crippen MR) is 90.4 cm³/mol. The summed E-state index contributed by atoms with van der Waals surface area (Å²) in [5, 5.41) is 8.50. The lowest BCUT2D eigenvalue weighted by atomic mass is 9.77. The van der Waals surface area contributed by atoms with E-state index in [0.29, 0.717) is 17.4 Å². The summed E-state index contributed by atoms with van der Waals surface area (Å²) in [6, 6.07) is 9.47. The Bertz CT molecular complexity index is 823. The van der Waals surface area contributed by atoms with E-state index in [2.05, 4.69) is 15.2 Å². The van der Waals surface area contributed by atoms with Crippen molar-refractivity contribution in [2.45, 2.75) is 24.8 Å². The number of ether oxygens (including phenoxy) is 1. The van der Waals surface area contributed by atoms with Crippen LogP contribution in [0.15, 0.2) is 41.1 Å². The van der Waals surface area contributed by atoms with Crippen LogP contribution in [-0.4, -0.2) is 27.0 Å². The Kier molecular flexibility index (Phi) is 4.29. The van der Waals surface area contributed by atoms with Gasteiger partial charge in [-0.05, 0) is 49.6 Å². The zero-order chi connectivity index (χ0) is 15.9. The van der Waals surface area contributed by atoms with Gasteiger partial charge in [0.2, 0.25) is 0 Å². The van der Waals surface area contributed by atoms with Crippen molar-refractivity contribution in [1.82, 2.24) is 19.9 Å². The maximum atomic E-state index is 6.22. The minimum absolute atomic E-state index is 0. The lowest BCUT2D eigenvalue weighted by Crippen LogP contribution is -2.44. The van der Waals surface area contributed by atoms with E-state index in [4.69, 9.17) is 15.0 Å². The van der Waals surface area contributed by atoms with Crippen molar-refractivity contribution in [2.24, 2.45) is 5.73 Å². The van der Waals surface area contributed by atoms with E-state index in [9.17, 15) is 0 Å². The number of rotatable bonds is 4. The van der Waals surface area contributed by atoms with Gasteiger partial charge in [0.05, 0.1) is 18.3 Å². The fourth-order valence-electron chi connectivity index (χ4n) is 2.63. The third-order valence-corrected chi connectivity index (χ3v) is 4.26. The second kappa shape index (κ2) is 6.26. The Balaban J connectivity index is 0.00000169. The van der Waals surface area contributed by atoms with Gasteiger partial charge in [0, 0.05) is 6.20 Å². The zero-order valence-corrected chi connectivity index (χ0v) is 14.0. The Labute approximate surface area is 145 Å². The molecule has 4 rings (SSSR count). The molecule has 1 saturated carbocycles. The number of halogens is 1. The van der Waals surface area contributed by atoms with Crippen molar-refractivity contribution in [2.75, 3.05) is 7.11 Å². The zero-order valence-electron chi connectivity index (χ0n) is 13.2. The first-order valence-corrected chi connectivity index (χ1v) is 7.51. The highest BCUT2D eigenvalue weighted by atomic mass is 35.5. The maximum Gasteiger partial charge on any atom is 0.278 e. The van der Waals surface area contributed by atoms with Crippen LogP contribution in [0.1, 0.15) is 25.1 Å². The number of aromatic nitrogens is 4. The minimum Gasteiger partial charge on any atom is -0.497 e. The van der Waals surface area contributed by atoms with Gasteiger partial charge in [-0.2, -0.15) is 10.1 Å². The van der Waals surface area contributed by atoms with Crippen molar-refractivity contribution >= 4 is 12.4 Å². The van der Waals surface area contributed by atoms with Crippen molar-refractivity contribution < 1.29 is 9.26 Å². The molecule has 7 nitrogen and oxygen atoms in total. The molecule has 3 aromatic rings. The summed E-state index contributed by atoms with van der Waals surface area (Å²) in [6.45, 7) is 0. The quantitative estimate of drug-likeness (QED) is 0.780. The van der Waals surface area contributed by atoms with Crippen LogP contribution in [0.3, 0.4) is 0 Å². The molecule has 1 aromatic carbocycles. The summed E-state index contributed by atoms with van der Waals surface area (Å²) in [4.78, 5) is 4.41. The molecule has 2 N–H and O–H groups in total. The molecule has 2 heterocycles. The minimum atomic E-state index is -0.430. The molecule has 1 fully saturated rings. The maximum absolute atomic E-state index is 6.22. The number of benzene rings is 1. The van der Waals surface area contributed by atoms with E-state index in [0.717, 1.165) is 30.7 Å². The second-order valence-corrected chi connectivity index (χ2v) is 5.78. The van der Waals surface area contributed by atoms with Crippen LogP contribution in [0.5, 0.6) is 5.75 Å². The van der Waals surface area contributed by atoms with Gasteiger partial charge < -0.3 is 15.0 Å². The fraction of sp³-hybridized carbons (Fsp3) is 0.312. The Hall–Kier alpha value is -2.38. The molecule has 0 radical (unpaired) electrons. The highest BCUT2D eigenvalue weighted by Gasteiger charge is 2.39. The molecule has 0 spiro atoms. The van der Waals surface area contributed by atoms with Gasteiger partial charge in [-0.25, -0.2) is 4.68 Å². The first-order valence-electron chi connectivity index (χ1n) is 7.51. The summed E-state index contributed by atoms with van der Waals surface area (Å²) in [7, 11) is 1.64. The molecule has 0 saturated heterocycles. The van der Waals surface area contributed by atoms with Gasteiger partial charge in [-0.3, -0.25) is 0 Å². The molecule has 0 aliphatic heterocycles. The summed E-state index contributed by atoms with van der Waals surface area (Å²) in [6.07, 6.45) is 4.74. The third kappa shape index (κ3) is 2.76. The van der Waals surface area contributed by atoms with Gasteiger partial charge in [-0.1, -0.05) is 5.16 Å². The summed E-state index contributed by atoms with van der Waals surface area (Å²) < 4.78 is 12.2. The first kappa shape index (κ1) is 16.5. The molecule has 1 aliphatic rings. The molecular weight excluding hydrogens is 330 g/mol. The summed E-state index contributed by atoms with van der Waals surface area (Å²) >= 11 is 0. The Morgan fingerprint density at radius 1 is 1.21 bits per heavy atom. The first-order chi connectivity index (χ1) is 11.2. The van der Waals surface area contributed by atoms with Crippen molar-refractivity contribution in [1.29, 1.82) is 0 Å². The Morgan fingerprint density at radius 3 is 2.58 bits per heavy atom. The van der Waals surface area contributed by atoms with E-state index < -0.39 is 5.54 Å². The van der Waals surface area contributed by atoms with E-state index in [1.165, 1.54) is 0 Å². The standard InChI is InChI=1S/C16H17N5O2.ClH/c1-22-12-5-3-11(4-6-12)21-10-7-13(19-21)14-18-15(20-23-14)16(17)8-2-9-16;/h3-7,10H,2,8-9,17H2,1H3;1H. The molecule has 8 heteroatoms. The van der Waals surface area contributed by atoms with Crippen LogP contribution >= 0.6 is 12.4 Å². The average Bonchev–Trinajstić information content (AvgIpc) is 3.22. The second-order valence-electron chi connectivity index (χ2n) is 5.78. The topological polar surface area (TPSA) is 92.0 Å². The predicted octanol–water partition coefficient (Wildman–Crippen LogP) is 2.69. The van der Waals surface area contributed by atoms with Crippen molar-refractivity contribution in [3.05, 3.63) is 42.4 Å². The smallest absolute Gasteiger partial charge is 0.278 e.